The lowest BCUT2D eigenvalue weighted by atomic mass is 10.1. The molecule has 23 heavy (non-hydrogen) atoms. The molecule has 0 saturated carbocycles. The Hall–Kier alpha value is -2.21. The Morgan fingerprint density at radius 3 is 2.83 bits per heavy atom. The number of anilines is 1. The Balaban J connectivity index is 1.81. The van der Waals surface area contributed by atoms with Gasteiger partial charge < -0.3 is 9.80 Å². The summed E-state index contributed by atoms with van der Waals surface area (Å²) in [5.41, 5.74) is 4.18. The van der Waals surface area contributed by atoms with E-state index >= 15 is 0 Å². The van der Waals surface area contributed by atoms with E-state index in [0.717, 1.165) is 33.9 Å². The van der Waals surface area contributed by atoms with Gasteiger partial charge in [0.2, 0.25) is 11.8 Å². The minimum absolute atomic E-state index is 0.0429. The summed E-state index contributed by atoms with van der Waals surface area (Å²) in [7, 11) is 1.64. The lowest BCUT2D eigenvalue weighted by Crippen LogP contribution is -2.39. The minimum Gasteiger partial charge on any atom is -0.337 e. The van der Waals surface area contributed by atoms with Crippen LogP contribution in [0.5, 0.6) is 0 Å². The average molecular weight is 329 g/mol. The number of aromatic nitrogens is 1. The second kappa shape index (κ2) is 6.12. The molecule has 2 amide bonds. The minimum atomic E-state index is -0.105. The Morgan fingerprint density at radius 1 is 1.39 bits per heavy atom. The molecular formula is C17H19N3O2S. The molecule has 0 aliphatic carbocycles. The molecule has 0 atom stereocenters. The van der Waals surface area contributed by atoms with Gasteiger partial charge in [0, 0.05) is 37.1 Å². The number of carbonyl (C=O) groups excluding carboxylic acids is 2. The quantitative estimate of drug-likeness (QED) is 0.869. The summed E-state index contributed by atoms with van der Waals surface area (Å²) >= 11 is 1.63. The highest BCUT2D eigenvalue weighted by molar-refractivity contribution is 7.09. The topological polar surface area (TPSA) is 53.5 Å². The van der Waals surface area contributed by atoms with E-state index in [4.69, 9.17) is 0 Å². The van der Waals surface area contributed by atoms with E-state index in [1.54, 1.807) is 23.3 Å². The second-order valence-electron chi connectivity index (χ2n) is 5.77. The highest BCUT2D eigenvalue weighted by atomic mass is 32.1. The summed E-state index contributed by atoms with van der Waals surface area (Å²) in [6.45, 7) is 4.24. The van der Waals surface area contributed by atoms with E-state index in [-0.39, 0.29) is 18.4 Å². The molecule has 1 aliphatic rings. The van der Waals surface area contributed by atoms with Crippen LogP contribution in [0.3, 0.4) is 0 Å². The Kier molecular flexibility index (Phi) is 4.17. The number of thiazole rings is 1. The number of hydrogen-bond acceptors (Lipinski definition) is 4. The van der Waals surface area contributed by atoms with E-state index in [0.29, 0.717) is 6.54 Å². The van der Waals surface area contributed by atoms with Crippen LogP contribution >= 0.6 is 11.3 Å². The van der Waals surface area contributed by atoms with E-state index < -0.39 is 0 Å². The third-order valence-corrected chi connectivity index (χ3v) is 4.87. The van der Waals surface area contributed by atoms with Gasteiger partial charge in [-0.05, 0) is 31.0 Å². The molecule has 1 aromatic heterocycles. The largest absolute Gasteiger partial charge is 0.337 e. The van der Waals surface area contributed by atoms with Gasteiger partial charge in [0.1, 0.15) is 0 Å². The van der Waals surface area contributed by atoms with Crippen LogP contribution in [-0.2, 0) is 16.0 Å². The highest BCUT2D eigenvalue weighted by Crippen LogP contribution is 2.32. The van der Waals surface area contributed by atoms with Crippen LogP contribution in [-0.4, -0.2) is 41.8 Å². The van der Waals surface area contributed by atoms with Crippen LogP contribution in [0.4, 0.5) is 5.69 Å². The Morgan fingerprint density at radius 2 is 2.17 bits per heavy atom. The maximum atomic E-state index is 12.4. The molecule has 0 spiro atoms. The summed E-state index contributed by atoms with van der Waals surface area (Å²) in [5, 5.41) is 3.10. The fraction of sp³-hybridized carbons (Fsp3) is 0.353. The van der Waals surface area contributed by atoms with Gasteiger partial charge in [-0.3, -0.25) is 9.59 Å². The molecule has 3 rings (SSSR count). The molecule has 0 radical (unpaired) electrons. The predicted octanol–water partition coefficient (Wildman–Crippen LogP) is 2.49. The van der Waals surface area contributed by atoms with Gasteiger partial charge in [0.25, 0.3) is 0 Å². The van der Waals surface area contributed by atoms with E-state index in [1.165, 1.54) is 11.8 Å². The zero-order chi connectivity index (χ0) is 16.6. The smallest absolute Gasteiger partial charge is 0.246 e. The molecule has 2 aromatic rings. The molecule has 0 bridgehead atoms. The summed E-state index contributed by atoms with van der Waals surface area (Å²) in [5.74, 6) is -0.147. The fourth-order valence-electron chi connectivity index (χ4n) is 2.72. The molecule has 5 nitrogen and oxygen atoms in total. The molecule has 0 fully saturated rings. The van der Waals surface area contributed by atoms with Crippen molar-refractivity contribution in [2.24, 2.45) is 0 Å². The van der Waals surface area contributed by atoms with Crippen molar-refractivity contribution in [2.75, 3.05) is 25.0 Å². The first-order chi connectivity index (χ1) is 11.0. The molecule has 0 N–H and O–H groups in total. The molecule has 2 heterocycles. The maximum absolute atomic E-state index is 12.4. The van der Waals surface area contributed by atoms with Gasteiger partial charge in [-0.25, -0.2) is 4.98 Å². The number of likely N-dealkylation sites (N-methyl/N-ethyl adjacent to an activating group) is 1. The zero-order valence-corrected chi connectivity index (χ0v) is 14.3. The summed E-state index contributed by atoms with van der Waals surface area (Å²) in [6.07, 6.45) is 0.835. The molecule has 0 saturated heterocycles. The van der Waals surface area contributed by atoms with Crippen LogP contribution in [0.25, 0.3) is 11.3 Å². The standard InChI is InChI=1S/C17H19N3O2S/c1-11-18-15(10-23-11)13-4-5-16-14(8-13)6-7-20(16)17(22)9-19(3)12(2)21/h4-5,8,10H,6-7,9H2,1-3H3. The lowest BCUT2D eigenvalue weighted by molar-refractivity contribution is -0.132. The number of nitrogens with zero attached hydrogens (tertiary/aromatic N) is 3. The van der Waals surface area contributed by atoms with Crippen molar-refractivity contribution in [3.63, 3.8) is 0 Å². The third-order valence-electron chi connectivity index (χ3n) is 4.10. The number of fused-ring (bicyclic) bond motifs is 1. The van der Waals surface area contributed by atoms with Gasteiger partial charge in [-0.1, -0.05) is 6.07 Å². The monoisotopic (exact) mass is 329 g/mol. The van der Waals surface area contributed by atoms with Crippen molar-refractivity contribution in [2.45, 2.75) is 20.3 Å². The van der Waals surface area contributed by atoms with Crippen molar-refractivity contribution < 1.29 is 9.59 Å². The van der Waals surface area contributed by atoms with Gasteiger partial charge >= 0.3 is 0 Å². The van der Waals surface area contributed by atoms with Gasteiger partial charge in [0.15, 0.2) is 0 Å². The zero-order valence-electron chi connectivity index (χ0n) is 13.5. The van der Waals surface area contributed by atoms with E-state index in [1.807, 2.05) is 19.1 Å². The lowest BCUT2D eigenvalue weighted by Gasteiger charge is -2.21. The van der Waals surface area contributed by atoms with E-state index in [9.17, 15) is 9.59 Å². The summed E-state index contributed by atoms with van der Waals surface area (Å²) in [6, 6.07) is 6.11. The number of aryl methyl sites for hydroxylation is 1. The van der Waals surface area contributed by atoms with Gasteiger partial charge in [-0.15, -0.1) is 11.3 Å². The maximum Gasteiger partial charge on any atom is 0.246 e. The van der Waals surface area contributed by atoms with Crippen LogP contribution in [0.2, 0.25) is 0 Å². The average Bonchev–Trinajstić information content (AvgIpc) is 3.12. The second-order valence-corrected chi connectivity index (χ2v) is 6.83. The first-order valence-electron chi connectivity index (χ1n) is 7.53. The van der Waals surface area contributed by atoms with Crippen molar-refractivity contribution in [3.05, 3.63) is 34.2 Å². The third kappa shape index (κ3) is 3.12. The van der Waals surface area contributed by atoms with Crippen LogP contribution in [0.1, 0.15) is 17.5 Å². The van der Waals surface area contributed by atoms with Crippen molar-refractivity contribution in [3.8, 4) is 11.3 Å². The van der Waals surface area contributed by atoms with Crippen molar-refractivity contribution in [1.29, 1.82) is 0 Å². The van der Waals surface area contributed by atoms with E-state index in [2.05, 4.69) is 16.4 Å². The Bertz CT molecular complexity index is 769. The number of carbonyl (C=O) groups is 2. The molecular weight excluding hydrogens is 310 g/mol. The van der Waals surface area contributed by atoms with Gasteiger partial charge in [0.05, 0.1) is 17.2 Å². The van der Waals surface area contributed by atoms with Crippen LogP contribution in [0, 0.1) is 6.92 Å². The van der Waals surface area contributed by atoms with Crippen LogP contribution < -0.4 is 4.90 Å². The van der Waals surface area contributed by atoms with Crippen molar-refractivity contribution >= 4 is 28.8 Å². The van der Waals surface area contributed by atoms with Crippen LogP contribution in [0.15, 0.2) is 23.6 Å². The molecule has 0 unspecified atom stereocenters. The fourth-order valence-corrected chi connectivity index (χ4v) is 3.34. The van der Waals surface area contributed by atoms with Gasteiger partial charge in [-0.2, -0.15) is 0 Å². The predicted molar refractivity (Wildman–Crippen MR) is 91.7 cm³/mol. The number of benzene rings is 1. The normalized spacial score (nSPS) is 13.1. The SMILES string of the molecule is CC(=O)N(C)CC(=O)N1CCc2cc(-c3csc(C)n3)ccc21. The first kappa shape index (κ1) is 15.7. The summed E-state index contributed by atoms with van der Waals surface area (Å²) in [4.78, 5) is 31.4. The Labute approximate surface area is 139 Å². The highest BCUT2D eigenvalue weighted by Gasteiger charge is 2.26. The molecule has 120 valence electrons. The molecule has 6 heteroatoms. The number of amides is 2. The number of hydrogen-bond donors (Lipinski definition) is 0. The molecule has 1 aliphatic heterocycles. The summed E-state index contributed by atoms with van der Waals surface area (Å²) < 4.78 is 0. The first-order valence-corrected chi connectivity index (χ1v) is 8.41. The van der Waals surface area contributed by atoms with Crippen molar-refractivity contribution in [1.82, 2.24) is 9.88 Å². The number of rotatable bonds is 3. The molecule has 1 aromatic carbocycles.